The van der Waals surface area contributed by atoms with Crippen molar-refractivity contribution in [3.63, 3.8) is 0 Å². The quantitative estimate of drug-likeness (QED) is 0.778. The van der Waals surface area contributed by atoms with E-state index in [4.69, 9.17) is 9.47 Å². The van der Waals surface area contributed by atoms with E-state index in [1.165, 1.54) is 18.5 Å². The normalized spacial score (nSPS) is 17.0. The minimum Gasteiger partial charge on any atom is -0.497 e. The van der Waals surface area contributed by atoms with E-state index in [1.807, 2.05) is 6.07 Å². The molecule has 1 aliphatic rings. The molecule has 0 spiro atoms. The number of ether oxygens (including phenoxy) is 2. The number of hydrogen-bond donors (Lipinski definition) is 0. The van der Waals surface area contributed by atoms with Gasteiger partial charge < -0.3 is 9.47 Å². The number of morpholine rings is 1. The van der Waals surface area contributed by atoms with Crippen molar-refractivity contribution < 1.29 is 9.47 Å². The first kappa shape index (κ1) is 12.4. The highest BCUT2D eigenvalue weighted by molar-refractivity contribution is 5.28. The SMILES string of the molecule is COc1cccc(CCCN2CCOCC2)c1. The van der Waals surface area contributed by atoms with Crippen molar-refractivity contribution in [3.8, 4) is 5.75 Å². The maximum Gasteiger partial charge on any atom is 0.119 e. The molecule has 17 heavy (non-hydrogen) atoms. The van der Waals surface area contributed by atoms with Gasteiger partial charge in [0.2, 0.25) is 0 Å². The van der Waals surface area contributed by atoms with Gasteiger partial charge in [-0.2, -0.15) is 0 Å². The monoisotopic (exact) mass is 235 g/mol. The van der Waals surface area contributed by atoms with Crippen LogP contribution in [0.5, 0.6) is 5.75 Å². The third kappa shape index (κ3) is 4.02. The summed E-state index contributed by atoms with van der Waals surface area (Å²) in [6.45, 7) is 5.11. The van der Waals surface area contributed by atoms with Gasteiger partial charge in [0.1, 0.15) is 5.75 Å². The largest absolute Gasteiger partial charge is 0.497 e. The molecule has 0 aliphatic carbocycles. The number of benzene rings is 1. The molecule has 0 atom stereocenters. The minimum absolute atomic E-state index is 0.888. The van der Waals surface area contributed by atoms with Gasteiger partial charge in [-0.3, -0.25) is 4.90 Å². The molecule has 0 radical (unpaired) electrons. The molecule has 0 N–H and O–H groups in total. The lowest BCUT2D eigenvalue weighted by Gasteiger charge is -2.26. The summed E-state index contributed by atoms with van der Waals surface area (Å²) < 4.78 is 10.6. The Morgan fingerprint density at radius 2 is 2.12 bits per heavy atom. The van der Waals surface area contributed by atoms with Gasteiger partial charge >= 0.3 is 0 Å². The number of methoxy groups -OCH3 is 1. The fourth-order valence-electron chi connectivity index (χ4n) is 2.16. The van der Waals surface area contributed by atoms with Crippen molar-refractivity contribution in [1.29, 1.82) is 0 Å². The topological polar surface area (TPSA) is 21.7 Å². The van der Waals surface area contributed by atoms with Crippen LogP contribution in [0.25, 0.3) is 0 Å². The van der Waals surface area contributed by atoms with Crippen molar-refractivity contribution in [3.05, 3.63) is 29.8 Å². The summed E-state index contributed by atoms with van der Waals surface area (Å²) >= 11 is 0. The third-order valence-electron chi connectivity index (χ3n) is 3.18. The molecule has 3 nitrogen and oxygen atoms in total. The first-order chi connectivity index (χ1) is 8.38. The van der Waals surface area contributed by atoms with E-state index in [0.717, 1.165) is 38.5 Å². The molecule has 0 amide bonds. The van der Waals surface area contributed by atoms with E-state index in [2.05, 4.69) is 23.1 Å². The zero-order valence-electron chi connectivity index (χ0n) is 10.5. The number of nitrogens with zero attached hydrogens (tertiary/aromatic N) is 1. The molecule has 3 heteroatoms. The lowest BCUT2D eigenvalue weighted by atomic mass is 10.1. The first-order valence-electron chi connectivity index (χ1n) is 6.31. The molecule has 0 aromatic heterocycles. The predicted molar refractivity (Wildman–Crippen MR) is 68.6 cm³/mol. The van der Waals surface area contributed by atoms with Crippen LogP contribution in [0.3, 0.4) is 0 Å². The molecule has 0 saturated carbocycles. The van der Waals surface area contributed by atoms with Crippen LogP contribution in [0.2, 0.25) is 0 Å². The van der Waals surface area contributed by atoms with E-state index in [0.29, 0.717) is 0 Å². The van der Waals surface area contributed by atoms with Gasteiger partial charge in [0.15, 0.2) is 0 Å². The van der Waals surface area contributed by atoms with Crippen molar-refractivity contribution in [2.45, 2.75) is 12.8 Å². The number of rotatable bonds is 5. The van der Waals surface area contributed by atoms with Crippen molar-refractivity contribution >= 4 is 0 Å². The highest BCUT2D eigenvalue weighted by Crippen LogP contribution is 2.14. The van der Waals surface area contributed by atoms with Crippen LogP contribution in [0.4, 0.5) is 0 Å². The summed E-state index contributed by atoms with van der Waals surface area (Å²) in [4.78, 5) is 2.48. The Hall–Kier alpha value is -1.06. The minimum atomic E-state index is 0.888. The summed E-state index contributed by atoms with van der Waals surface area (Å²) in [5.74, 6) is 0.953. The van der Waals surface area contributed by atoms with E-state index in [9.17, 15) is 0 Å². The molecule has 0 unspecified atom stereocenters. The number of aryl methyl sites for hydroxylation is 1. The maximum absolute atomic E-state index is 5.34. The lowest BCUT2D eigenvalue weighted by molar-refractivity contribution is 0.0374. The van der Waals surface area contributed by atoms with Crippen LogP contribution in [-0.2, 0) is 11.2 Å². The van der Waals surface area contributed by atoms with Crippen molar-refractivity contribution in [2.24, 2.45) is 0 Å². The average Bonchev–Trinajstić information content (AvgIpc) is 2.40. The van der Waals surface area contributed by atoms with E-state index in [1.54, 1.807) is 7.11 Å². The Morgan fingerprint density at radius 1 is 1.29 bits per heavy atom. The molecule has 1 aromatic carbocycles. The maximum atomic E-state index is 5.34. The Bertz CT molecular complexity index is 335. The van der Waals surface area contributed by atoms with Gasteiger partial charge in [0, 0.05) is 13.1 Å². The zero-order chi connectivity index (χ0) is 11.9. The van der Waals surface area contributed by atoms with E-state index < -0.39 is 0 Å². The predicted octanol–water partition coefficient (Wildman–Crippen LogP) is 1.96. The average molecular weight is 235 g/mol. The van der Waals surface area contributed by atoms with Gasteiger partial charge in [-0.1, -0.05) is 12.1 Å². The molecule has 2 rings (SSSR count). The van der Waals surface area contributed by atoms with Crippen molar-refractivity contribution in [1.82, 2.24) is 4.90 Å². The van der Waals surface area contributed by atoms with Crippen LogP contribution in [0, 0.1) is 0 Å². The highest BCUT2D eigenvalue weighted by Gasteiger charge is 2.09. The zero-order valence-corrected chi connectivity index (χ0v) is 10.5. The van der Waals surface area contributed by atoms with Crippen LogP contribution in [0.15, 0.2) is 24.3 Å². The summed E-state index contributed by atoms with van der Waals surface area (Å²) in [6.07, 6.45) is 2.32. The fraction of sp³-hybridized carbons (Fsp3) is 0.571. The first-order valence-corrected chi connectivity index (χ1v) is 6.31. The molecule has 1 heterocycles. The molecule has 94 valence electrons. The summed E-state index contributed by atoms with van der Waals surface area (Å²) in [7, 11) is 1.72. The van der Waals surface area contributed by atoms with Crippen molar-refractivity contribution in [2.75, 3.05) is 40.0 Å². The molecule has 1 saturated heterocycles. The third-order valence-corrected chi connectivity index (χ3v) is 3.18. The van der Waals surface area contributed by atoms with Crippen LogP contribution in [0.1, 0.15) is 12.0 Å². The second-order valence-corrected chi connectivity index (χ2v) is 4.41. The van der Waals surface area contributed by atoms with Gasteiger partial charge in [-0.05, 0) is 37.1 Å². The molecule has 1 aromatic rings. The van der Waals surface area contributed by atoms with Gasteiger partial charge in [-0.25, -0.2) is 0 Å². The molecular formula is C14H21NO2. The lowest BCUT2D eigenvalue weighted by Crippen LogP contribution is -2.36. The van der Waals surface area contributed by atoms with Crippen LogP contribution in [-0.4, -0.2) is 44.9 Å². The highest BCUT2D eigenvalue weighted by atomic mass is 16.5. The smallest absolute Gasteiger partial charge is 0.119 e. The fourth-order valence-corrected chi connectivity index (χ4v) is 2.16. The summed E-state index contributed by atoms with van der Waals surface area (Å²) in [5, 5.41) is 0. The van der Waals surface area contributed by atoms with Gasteiger partial charge in [-0.15, -0.1) is 0 Å². The van der Waals surface area contributed by atoms with Crippen LogP contribution >= 0.6 is 0 Å². The second kappa shape index (κ2) is 6.62. The summed E-state index contributed by atoms with van der Waals surface area (Å²) in [6, 6.07) is 8.34. The molecule has 1 aliphatic heterocycles. The molecule has 0 bridgehead atoms. The second-order valence-electron chi connectivity index (χ2n) is 4.41. The van der Waals surface area contributed by atoms with E-state index in [-0.39, 0.29) is 0 Å². The molecular weight excluding hydrogens is 214 g/mol. The number of hydrogen-bond acceptors (Lipinski definition) is 3. The van der Waals surface area contributed by atoms with Gasteiger partial charge in [0.05, 0.1) is 20.3 Å². The Kier molecular flexibility index (Phi) is 4.83. The van der Waals surface area contributed by atoms with Gasteiger partial charge in [0.25, 0.3) is 0 Å². The Balaban J connectivity index is 1.73. The standard InChI is InChI=1S/C14H21NO2/c1-16-14-6-2-4-13(12-14)5-3-7-15-8-10-17-11-9-15/h2,4,6,12H,3,5,7-11H2,1H3. The van der Waals surface area contributed by atoms with Crippen LogP contribution < -0.4 is 4.74 Å². The molecule has 1 fully saturated rings. The summed E-state index contributed by atoms with van der Waals surface area (Å²) in [5.41, 5.74) is 1.36. The Morgan fingerprint density at radius 3 is 2.88 bits per heavy atom. The Labute approximate surface area is 103 Å². The van der Waals surface area contributed by atoms with E-state index >= 15 is 0 Å².